The predicted molar refractivity (Wildman–Crippen MR) is 137 cm³/mol. The number of rotatable bonds is 7. The molecule has 2 amide bonds. The first-order valence-corrected chi connectivity index (χ1v) is 11.2. The maximum Gasteiger partial charge on any atom is 0.278 e. The van der Waals surface area contributed by atoms with Crippen molar-refractivity contribution in [3.05, 3.63) is 83.2 Å². The Morgan fingerprint density at radius 3 is 2.49 bits per heavy atom. The number of ether oxygens (including phenoxy) is 1. The molecule has 0 saturated carbocycles. The summed E-state index contributed by atoms with van der Waals surface area (Å²) in [7, 11) is 1.55. The van der Waals surface area contributed by atoms with Crippen LogP contribution in [0.15, 0.2) is 77.6 Å². The van der Waals surface area contributed by atoms with E-state index in [1.807, 2.05) is 6.07 Å². The molecule has 0 aliphatic rings. The average Bonchev–Trinajstić information content (AvgIpc) is 2.86. The minimum Gasteiger partial charge on any atom is -0.497 e. The number of benzene rings is 3. The largest absolute Gasteiger partial charge is 0.497 e. The fourth-order valence-corrected chi connectivity index (χ4v) is 3.65. The Morgan fingerprint density at radius 1 is 0.971 bits per heavy atom. The van der Waals surface area contributed by atoms with Crippen molar-refractivity contribution < 1.29 is 14.3 Å². The lowest BCUT2D eigenvalue weighted by atomic mass is 10.1. The number of nitrogens with zero attached hydrogens (tertiary/aromatic N) is 2. The van der Waals surface area contributed by atoms with Gasteiger partial charge in [0, 0.05) is 23.2 Å². The second-order valence-electron chi connectivity index (χ2n) is 8.31. The zero-order valence-electron chi connectivity index (χ0n) is 19.7. The number of amides is 2. The molecule has 8 nitrogen and oxygen atoms in total. The van der Waals surface area contributed by atoms with E-state index >= 15 is 0 Å². The lowest BCUT2D eigenvalue weighted by molar-refractivity contribution is -0.119. The van der Waals surface area contributed by atoms with Crippen molar-refractivity contribution in [1.29, 1.82) is 0 Å². The Balaban J connectivity index is 1.76. The molecule has 4 aromatic rings. The van der Waals surface area contributed by atoms with Gasteiger partial charge in [-0.05, 0) is 30.3 Å². The average molecular weight is 471 g/mol. The van der Waals surface area contributed by atoms with Gasteiger partial charge in [-0.25, -0.2) is 4.98 Å². The van der Waals surface area contributed by atoms with E-state index in [2.05, 4.69) is 15.6 Å². The molecule has 1 heterocycles. The molecule has 0 spiro atoms. The number of carbonyl (C=O) groups is 2. The zero-order valence-corrected chi connectivity index (χ0v) is 19.7. The summed E-state index contributed by atoms with van der Waals surface area (Å²) >= 11 is 0. The van der Waals surface area contributed by atoms with Crippen LogP contribution in [0, 0.1) is 5.92 Å². The Morgan fingerprint density at radius 2 is 1.71 bits per heavy atom. The highest BCUT2D eigenvalue weighted by molar-refractivity contribution is 5.96. The van der Waals surface area contributed by atoms with Gasteiger partial charge in [-0.1, -0.05) is 50.2 Å². The molecule has 0 aliphatic heterocycles. The first kappa shape index (κ1) is 23.7. The Kier molecular flexibility index (Phi) is 6.91. The van der Waals surface area contributed by atoms with Crippen LogP contribution in [0.3, 0.4) is 0 Å². The van der Waals surface area contributed by atoms with E-state index in [4.69, 9.17) is 4.74 Å². The molecule has 1 aromatic heterocycles. The van der Waals surface area contributed by atoms with E-state index < -0.39 is 5.56 Å². The molecule has 0 bridgehead atoms. The third-order valence-electron chi connectivity index (χ3n) is 5.47. The maximum atomic E-state index is 13.6. The van der Waals surface area contributed by atoms with Crippen LogP contribution in [0.1, 0.15) is 13.8 Å². The molecule has 178 valence electrons. The van der Waals surface area contributed by atoms with Crippen molar-refractivity contribution in [2.45, 2.75) is 20.4 Å². The predicted octanol–water partition coefficient (Wildman–Crippen LogP) is 4.31. The topological polar surface area (TPSA) is 102 Å². The van der Waals surface area contributed by atoms with Gasteiger partial charge in [-0.3, -0.25) is 19.0 Å². The number of anilines is 2. The van der Waals surface area contributed by atoms with E-state index in [9.17, 15) is 14.4 Å². The zero-order chi connectivity index (χ0) is 24.9. The van der Waals surface area contributed by atoms with E-state index in [1.54, 1.807) is 87.7 Å². The van der Waals surface area contributed by atoms with E-state index in [0.29, 0.717) is 33.7 Å². The van der Waals surface area contributed by atoms with Crippen LogP contribution < -0.4 is 20.9 Å². The van der Waals surface area contributed by atoms with Crippen LogP contribution in [-0.4, -0.2) is 28.5 Å². The molecule has 0 saturated heterocycles. The normalized spacial score (nSPS) is 10.9. The van der Waals surface area contributed by atoms with Gasteiger partial charge in [-0.2, -0.15) is 0 Å². The molecule has 3 aromatic carbocycles. The van der Waals surface area contributed by atoms with Crippen LogP contribution in [0.4, 0.5) is 11.4 Å². The first-order chi connectivity index (χ1) is 16.9. The summed E-state index contributed by atoms with van der Waals surface area (Å²) in [5.74, 6) is -0.165. The van der Waals surface area contributed by atoms with E-state index in [-0.39, 0.29) is 30.0 Å². The lowest BCUT2D eigenvalue weighted by Crippen LogP contribution is -2.30. The first-order valence-electron chi connectivity index (χ1n) is 11.2. The van der Waals surface area contributed by atoms with Gasteiger partial charge in [0.1, 0.15) is 18.0 Å². The number of fused-ring (bicyclic) bond motifs is 1. The maximum absolute atomic E-state index is 13.6. The second kappa shape index (κ2) is 10.2. The summed E-state index contributed by atoms with van der Waals surface area (Å²) in [4.78, 5) is 43.5. The summed E-state index contributed by atoms with van der Waals surface area (Å²) in [5.41, 5.74) is 2.33. The lowest BCUT2D eigenvalue weighted by Gasteiger charge is -2.15. The van der Waals surface area contributed by atoms with Crippen LogP contribution in [0.2, 0.25) is 0 Å². The number of methoxy groups -OCH3 is 1. The van der Waals surface area contributed by atoms with Crippen LogP contribution >= 0.6 is 0 Å². The van der Waals surface area contributed by atoms with Crippen molar-refractivity contribution in [2.75, 3.05) is 17.7 Å². The third-order valence-corrected chi connectivity index (χ3v) is 5.47. The number of para-hydroxylation sites is 3. The third kappa shape index (κ3) is 5.22. The van der Waals surface area contributed by atoms with Crippen molar-refractivity contribution in [3.63, 3.8) is 0 Å². The van der Waals surface area contributed by atoms with Gasteiger partial charge in [0.25, 0.3) is 5.56 Å². The smallest absolute Gasteiger partial charge is 0.278 e. The highest BCUT2D eigenvalue weighted by Gasteiger charge is 2.19. The second-order valence-corrected chi connectivity index (χ2v) is 8.31. The molecule has 2 N–H and O–H groups in total. The van der Waals surface area contributed by atoms with Gasteiger partial charge in [0.2, 0.25) is 11.8 Å². The minimum absolute atomic E-state index is 0.150. The standard InChI is InChI=1S/C27H26N4O4/c1-17(2)26(33)30-21-12-5-4-11-20(21)25-27(34)31(23-14-7-6-13-22(23)29-25)16-24(32)28-18-9-8-10-19(15-18)35-3/h4-15,17H,16H2,1-3H3,(H,28,32)(H,30,33). The van der Waals surface area contributed by atoms with Gasteiger partial charge in [-0.15, -0.1) is 0 Å². The quantitative estimate of drug-likeness (QED) is 0.419. The number of aromatic nitrogens is 2. The summed E-state index contributed by atoms with van der Waals surface area (Å²) in [6.45, 7) is 3.37. The van der Waals surface area contributed by atoms with Crippen LogP contribution in [0.25, 0.3) is 22.3 Å². The van der Waals surface area contributed by atoms with Crippen molar-refractivity contribution in [1.82, 2.24) is 9.55 Å². The number of carbonyl (C=O) groups excluding carboxylic acids is 2. The molecule has 35 heavy (non-hydrogen) atoms. The van der Waals surface area contributed by atoms with Gasteiger partial charge in [0.15, 0.2) is 0 Å². The molecule has 4 rings (SSSR count). The SMILES string of the molecule is COc1cccc(NC(=O)Cn2c(=O)c(-c3ccccc3NC(=O)C(C)C)nc3ccccc32)c1. The molecule has 0 unspecified atom stereocenters. The highest BCUT2D eigenvalue weighted by atomic mass is 16.5. The van der Waals surface area contributed by atoms with E-state index in [1.165, 1.54) is 4.57 Å². The molecule has 0 radical (unpaired) electrons. The number of hydrogen-bond donors (Lipinski definition) is 2. The van der Waals surface area contributed by atoms with Crippen LogP contribution in [0.5, 0.6) is 5.75 Å². The fourth-order valence-electron chi connectivity index (χ4n) is 3.65. The highest BCUT2D eigenvalue weighted by Crippen LogP contribution is 2.26. The van der Waals surface area contributed by atoms with Crippen molar-refractivity contribution >= 4 is 34.2 Å². The summed E-state index contributed by atoms with van der Waals surface area (Å²) < 4.78 is 6.60. The molecule has 8 heteroatoms. The summed E-state index contributed by atoms with van der Waals surface area (Å²) in [6, 6.07) is 21.1. The van der Waals surface area contributed by atoms with Gasteiger partial charge >= 0.3 is 0 Å². The van der Waals surface area contributed by atoms with Crippen LogP contribution in [-0.2, 0) is 16.1 Å². The van der Waals surface area contributed by atoms with Crippen molar-refractivity contribution in [3.8, 4) is 17.0 Å². The minimum atomic E-state index is -0.435. The Labute approximate surface area is 202 Å². The molecule has 0 fully saturated rings. The van der Waals surface area contributed by atoms with Gasteiger partial charge < -0.3 is 15.4 Å². The molecular weight excluding hydrogens is 444 g/mol. The van der Waals surface area contributed by atoms with E-state index in [0.717, 1.165) is 0 Å². The Bertz CT molecular complexity index is 1460. The van der Waals surface area contributed by atoms with Gasteiger partial charge in [0.05, 0.1) is 23.8 Å². The number of nitrogens with one attached hydrogen (secondary N) is 2. The molecule has 0 aliphatic carbocycles. The summed E-state index contributed by atoms with van der Waals surface area (Å²) in [6.07, 6.45) is 0. The molecular formula is C27H26N4O4. The Hall–Kier alpha value is -4.46. The monoisotopic (exact) mass is 470 g/mol. The summed E-state index contributed by atoms with van der Waals surface area (Å²) in [5, 5.41) is 5.68. The number of hydrogen-bond acceptors (Lipinski definition) is 5. The van der Waals surface area contributed by atoms with Crippen molar-refractivity contribution in [2.24, 2.45) is 5.92 Å². The fraction of sp³-hybridized carbons (Fsp3) is 0.185. The molecule has 0 atom stereocenters.